The van der Waals surface area contributed by atoms with Crippen LogP contribution in [0.15, 0.2) is 59.3 Å². The molecule has 0 radical (unpaired) electrons. The lowest BCUT2D eigenvalue weighted by Crippen LogP contribution is -2.42. The number of carbonyl (C=O) groups excluding carboxylic acids is 1. The molecule has 1 saturated heterocycles. The number of nitrogens with zero attached hydrogens (tertiary/aromatic N) is 4. The molecule has 3 heterocycles. The van der Waals surface area contributed by atoms with E-state index in [1.165, 1.54) is 6.26 Å². The third-order valence-corrected chi connectivity index (χ3v) is 8.36. The van der Waals surface area contributed by atoms with Gasteiger partial charge >= 0.3 is 6.01 Å². The zero-order valence-corrected chi connectivity index (χ0v) is 20.8. The van der Waals surface area contributed by atoms with Gasteiger partial charge in [-0.3, -0.25) is 9.36 Å². The molecule has 1 aliphatic heterocycles. The van der Waals surface area contributed by atoms with Crippen LogP contribution in [0, 0.1) is 0 Å². The lowest BCUT2D eigenvalue weighted by Gasteiger charge is -2.31. The van der Waals surface area contributed by atoms with Crippen molar-refractivity contribution in [1.82, 2.24) is 19.4 Å². The van der Waals surface area contributed by atoms with Gasteiger partial charge in [0.15, 0.2) is 0 Å². The second kappa shape index (κ2) is 9.47. The van der Waals surface area contributed by atoms with E-state index in [-0.39, 0.29) is 17.6 Å². The van der Waals surface area contributed by atoms with Crippen LogP contribution in [0.1, 0.15) is 25.0 Å². The number of para-hydroxylation sites is 2. The molecule has 5 rings (SSSR count). The Balaban J connectivity index is 1.39. The van der Waals surface area contributed by atoms with E-state index in [0.29, 0.717) is 54.8 Å². The van der Waals surface area contributed by atoms with Crippen molar-refractivity contribution in [1.29, 1.82) is 0 Å². The smallest absolute Gasteiger partial charge is 0.308 e. The van der Waals surface area contributed by atoms with E-state index in [9.17, 15) is 13.2 Å². The molecule has 2 aromatic carbocycles. The molecule has 0 atom stereocenters. The van der Waals surface area contributed by atoms with Gasteiger partial charge in [0.2, 0.25) is 5.91 Å². The van der Waals surface area contributed by atoms with E-state index in [2.05, 4.69) is 4.98 Å². The van der Waals surface area contributed by atoms with Gasteiger partial charge in [0.25, 0.3) is 0 Å². The molecule has 1 fully saturated rings. The monoisotopic (exact) mass is 512 g/mol. The number of carbonyl (C=O) groups is 1. The van der Waals surface area contributed by atoms with Crippen LogP contribution < -0.4 is 0 Å². The minimum Gasteiger partial charge on any atom is -0.427 e. The number of rotatable bonds is 6. The highest BCUT2D eigenvalue weighted by atomic mass is 35.5. The first-order chi connectivity index (χ1) is 16.8. The minimum absolute atomic E-state index is 0.0231. The molecule has 2 aromatic heterocycles. The largest absolute Gasteiger partial charge is 0.427 e. The Bertz CT molecular complexity index is 1470. The summed E-state index contributed by atoms with van der Waals surface area (Å²) in [5.41, 5.74) is 3.18. The number of hydrogen-bond acceptors (Lipinski definition) is 6. The SMILES string of the molecule is CS(=O)(=O)C1CCN(C(=O)CCc2oc(-n3cnc4ccccc43)nc2-c2ccc(Cl)cc2)CC1. The van der Waals surface area contributed by atoms with Crippen molar-refractivity contribution in [3.05, 3.63) is 65.6 Å². The molecule has 0 N–H and O–H groups in total. The maximum Gasteiger partial charge on any atom is 0.308 e. The molecule has 0 saturated carbocycles. The summed E-state index contributed by atoms with van der Waals surface area (Å²) in [6.45, 7) is 0.895. The van der Waals surface area contributed by atoms with Gasteiger partial charge in [-0.1, -0.05) is 35.9 Å². The van der Waals surface area contributed by atoms with E-state index in [4.69, 9.17) is 21.0 Å². The van der Waals surface area contributed by atoms with Crippen molar-refractivity contribution in [3.63, 3.8) is 0 Å². The van der Waals surface area contributed by atoms with Gasteiger partial charge in [0.05, 0.1) is 16.3 Å². The second-order valence-corrected chi connectivity index (χ2v) is 11.6. The number of imidazole rings is 1. The summed E-state index contributed by atoms with van der Waals surface area (Å²) >= 11 is 6.07. The Kier molecular flexibility index (Phi) is 6.37. The van der Waals surface area contributed by atoms with Gasteiger partial charge in [-0.05, 0) is 37.1 Å². The fraction of sp³-hybridized carbons (Fsp3) is 0.320. The Hall–Kier alpha value is -3.17. The minimum atomic E-state index is -3.08. The van der Waals surface area contributed by atoms with Crippen molar-refractivity contribution in [2.45, 2.75) is 30.9 Å². The number of aryl methyl sites for hydroxylation is 1. The summed E-state index contributed by atoms with van der Waals surface area (Å²) in [5, 5.41) is 0.247. The number of fused-ring (bicyclic) bond motifs is 1. The Morgan fingerprint density at radius 3 is 2.54 bits per heavy atom. The van der Waals surface area contributed by atoms with Gasteiger partial charge < -0.3 is 9.32 Å². The lowest BCUT2D eigenvalue weighted by atomic mass is 10.1. The molecule has 8 nitrogen and oxygen atoms in total. The second-order valence-electron chi connectivity index (χ2n) is 8.79. The highest BCUT2D eigenvalue weighted by molar-refractivity contribution is 7.91. The van der Waals surface area contributed by atoms with Crippen LogP contribution in [0.5, 0.6) is 0 Å². The molecule has 0 bridgehead atoms. The van der Waals surface area contributed by atoms with Crippen LogP contribution in [0.4, 0.5) is 0 Å². The van der Waals surface area contributed by atoms with Crippen LogP contribution in [-0.2, 0) is 21.1 Å². The number of likely N-dealkylation sites (tertiary alicyclic amines) is 1. The van der Waals surface area contributed by atoms with Crippen molar-refractivity contribution in [2.24, 2.45) is 0 Å². The average Bonchev–Trinajstić information content (AvgIpc) is 3.47. The van der Waals surface area contributed by atoms with Crippen LogP contribution >= 0.6 is 11.6 Å². The number of benzene rings is 2. The molecule has 1 amide bonds. The van der Waals surface area contributed by atoms with Crippen LogP contribution in [0.2, 0.25) is 5.02 Å². The highest BCUT2D eigenvalue weighted by Gasteiger charge is 2.29. The van der Waals surface area contributed by atoms with Crippen LogP contribution in [0.3, 0.4) is 0 Å². The maximum atomic E-state index is 12.9. The van der Waals surface area contributed by atoms with E-state index in [0.717, 1.165) is 16.6 Å². The fourth-order valence-corrected chi connectivity index (χ4v) is 5.66. The van der Waals surface area contributed by atoms with E-state index in [1.54, 1.807) is 27.9 Å². The first kappa shape index (κ1) is 23.6. The predicted molar refractivity (Wildman–Crippen MR) is 134 cm³/mol. The number of sulfone groups is 1. The highest BCUT2D eigenvalue weighted by Crippen LogP contribution is 2.29. The summed E-state index contributed by atoms with van der Waals surface area (Å²) < 4.78 is 31.6. The van der Waals surface area contributed by atoms with Gasteiger partial charge in [0, 0.05) is 42.8 Å². The summed E-state index contributed by atoms with van der Waals surface area (Å²) in [6, 6.07) is 15.4. The van der Waals surface area contributed by atoms with Gasteiger partial charge in [-0.2, -0.15) is 4.98 Å². The van der Waals surface area contributed by atoms with E-state index >= 15 is 0 Å². The number of aromatic nitrogens is 3. The number of piperidine rings is 1. The number of oxazole rings is 1. The topological polar surface area (TPSA) is 98.3 Å². The van der Waals surface area contributed by atoms with Gasteiger partial charge in [-0.15, -0.1) is 0 Å². The normalized spacial score (nSPS) is 15.1. The number of amides is 1. The van der Waals surface area contributed by atoms with Crippen molar-refractivity contribution in [3.8, 4) is 17.3 Å². The molecule has 1 aliphatic rings. The zero-order valence-electron chi connectivity index (χ0n) is 19.2. The molecule has 4 aromatic rings. The molecule has 0 unspecified atom stereocenters. The third-order valence-electron chi connectivity index (χ3n) is 6.43. The summed E-state index contributed by atoms with van der Waals surface area (Å²) in [4.78, 5) is 23.8. The van der Waals surface area contributed by atoms with E-state index < -0.39 is 9.84 Å². The molecule has 0 aliphatic carbocycles. The lowest BCUT2D eigenvalue weighted by molar-refractivity contribution is -0.132. The van der Waals surface area contributed by atoms with E-state index in [1.807, 2.05) is 36.4 Å². The van der Waals surface area contributed by atoms with Crippen LogP contribution in [0.25, 0.3) is 28.3 Å². The number of halogens is 1. The first-order valence-electron chi connectivity index (χ1n) is 11.4. The van der Waals surface area contributed by atoms with Gasteiger partial charge in [-0.25, -0.2) is 13.4 Å². The Morgan fingerprint density at radius 2 is 1.83 bits per heavy atom. The quantitative estimate of drug-likeness (QED) is 0.382. The van der Waals surface area contributed by atoms with Crippen LogP contribution in [-0.4, -0.2) is 58.4 Å². The number of hydrogen-bond donors (Lipinski definition) is 0. The molecular weight excluding hydrogens is 488 g/mol. The molecule has 35 heavy (non-hydrogen) atoms. The van der Waals surface area contributed by atoms with Gasteiger partial charge in [0.1, 0.15) is 27.6 Å². The van der Waals surface area contributed by atoms with Crippen molar-refractivity contribution >= 4 is 38.4 Å². The third kappa shape index (κ3) is 4.97. The fourth-order valence-electron chi connectivity index (χ4n) is 4.47. The average molecular weight is 513 g/mol. The maximum absolute atomic E-state index is 12.9. The first-order valence-corrected chi connectivity index (χ1v) is 13.8. The predicted octanol–water partition coefficient (Wildman–Crippen LogP) is 4.30. The molecule has 10 heteroatoms. The summed E-state index contributed by atoms with van der Waals surface area (Å²) in [6.07, 6.45) is 4.48. The zero-order chi connectivity index (χ0) is 24.6. The summed E-state index contributed by atoms with van der Waals surface area (Å²) in [7, 11) is -3.08. The van der Waals surface area contributed by atoms with Crippen molar-refractivity contribution < 1.29 is 17.6 Å². The Labute approximate surface area is 208 Å². The molecular formula is C25H25ClN4O4S. The Morgan fingerprint density at radius 1 is 1.11 bits per heavy atom. The molecule has 0 spiro atoms. The summed E-state index contributed by atoms with van der Waals surface area (Å²) in [5.74, 6) is 0.574. The standard InChI is InChI=1S/C25H25ClN4O4S/c1-35(32,33)19-12-14-29(15-13-19)23(31)11-10-22-24(17-6-8-18(26)9-7-17)28-25(34-22)30-16-27-20-4-2-3-5-21(20)30/h2-9,16,19H,10-15H2,1H3. The van der Waals surface area contributed by atoms with Crippen molar-refractivity contribution in [2.75, 3.05) is 19.3 Å². The molecule has 182 valence electrons.